The summed E-state index contributed by atoms with van der Waals surface area (Å²) in [5.41, 5.74) is 1.59. The number of fused-ring (bicyclic) bond motifs is 1. The second-order valence-electron chi connectivity index (χ2n) is 8.57. The monoisotopic (exact) mass is 406 g/mol. The van der Waals surface area contributed by atoms with E-state index in [2.05, 4.69) is 15.4 Å². The van der Waals surface area contributed by atoms with Crippen LogP contribution in [0.1, 0.15) is 38.3 Å². The van der Waals surface area contributed by atoms with E-state index >= 15 is 0 Å². The number of halogens is 2. The first-order valence-electron chi connectivity index (χ1n) is 9.83. The minimum absolute atomic E-state index is 0.0457. The Morgan fingerprint density at radius 1 is 1.03 bits per heavy atom. The first-order chi connectivity index (χ1) is 14.3. The quantitative estimate of drug-likeness (QED) is 0.659. The van der Waals surface area contributed by atoms with E-state index in [-0.39, 0.29) is 22.6 Å². The fourth-order valence-electron chi connectivity index (χ4n) is 4.35. The highest BCUT2D eigenvalue weighted by Crippen LogP contribution is 2.46. The number of carbonyl (C=O) groups is 1. The maximum absolute atomic E-state index is 14.8. The van der Waals surface area contributed by atoms with E-state index in [4.69, 9.17) is 0 Å². The van der Waals surface area contributed by atoms with Gasteiger partial charge in [-0.15, -0.1) is 5.10 Å². The summed E-state index contributed by atoms with van der Waals surface area (Å²) in [6.07, 6.45) is 0.990. The van der Waals surface area contributed by atoms with Gasteiger partial charge in [-0.2, -0.15) is 4.98 Å². The highest BCUT2D eigenvalue weighted by molar-refractivity contribution is 6.00. The Kier molecular flexibility index (Phi) is 4.10. The topological polar surface area (TPSA) is 59.8 Å². The van der Waals surface area contributed by atoms with Gasteiger partial charge in [-0.05, 0) is 30.0 Å². The predicted molar refractivity (Wildman–Crippen MR) is 109 cm³/mol. The number of aromatic nitrogens is 3. The van der Waals surface area contributed by atoms with Crippen LogP contribution in [-0.2, 0) is 4.79 Å². The lowest BCUT2D eigenvalue weighted by molar-refractivity contribution is -0.118. The molecule has 0 saturated carbocycles. The van der Waals surface area contributed by atoms with E-state index in [1.165, 1.54) is 16.8 Å². The molecule has 0 saturated heterocycles. The number of rotatable bonds is 2. The third-order valence-electron chi connectivity index (χ3n) is 5.65. The van der Waals surface area contributed by atoms with Crippen LogP contribution >= 0.6 is 0 Å². The van der Waals surface area contributed by atoms with Crippen LogP contribution in [0, 0.1) is 17.0 Å². The van der Waals surface area contributed by atoms with Crippen molar-refractivity contribution in [3.8, 4) is 11.4 Å². The number of hydrogen-bond donors (Lipinski definition) is 1. The van der Waals surface area contributed by atoms with E-state index in [0.29, 0.717) is 29.9 Å². The molecule has 2 aromatic carbocycles. The number of allylic oxidation sites excluding steroid dienone is 2. The molecule has 1 aromatic heterocycles. The van der Waals surface area contributed by atoms with Crippen molar-refractivity contribution in [2.24, 2.45) is 5.41 Å². The Labute approximate surface area is 172 Å². The van der Waals surface area contributed by atoms with Crippen LogP contribution in [-0.4, -0.2) is 20.5 Å². The van der Waals surface area contributed by atoms with Gasteiger partial charge in [0.05, 0.1) is 5.56 Å². The van der Waals surface area contributed by atoms with Gasteiger partial charge in [0.1, 0.15) is 17.7 Å². The number of carbonyl (C=O) groups excluding carboxylic acids is 1. The highest BCUT2D eigenvalue weighted by atomic mass is 19.1. The van der Waals surface area contributed by atoms with Crippen LogP contribution in [0.3, 0.4) is 0 Å². The molecule has 0 radical (unpaired) electrons. The Balaban J connectivity index is 1.72. The zero-order valence-corrected chi connectivity index (χ0v) is 16.6. The second kappa shape index (κ2) is 6.58. The summed E-state index contributed by atoms with van der Waals surface area (Å²) in [5, 5.41) is 7.71. The normalized spacial score (nSPS) is 19.9. The van der Waals surface area contributed by atoms with Crippen molar-refractivity contribution in [2.45, 2.75) is 32.7 Å². The maximum atomic E-state index is 14.8. The molecule has 1 unspecified atom stereocenters. The van der Waals surface area contributed by atoms with Gasteiger partial charge < -0.3 is 5.32 Å². The van der Waals surface area contributed by atoms with Gasteiger partial charge in [-0.3, -0.25) is 4.79 Å². The number of nitrogens with zero attached hydrogens (tertiary/aromatic N) is 3. The summed E-state index contributed by atoms with van der Waals surface area (Å²) in [7, 11) is 0. The molecule has 5 rings (SSSR count). The number of nitrogens with one attached hydrogen (secondary N) is 1. The van der Waals surface area contributed by atoms with E-state index in [9.17, 15) is 13.6 Å². The number of Topliss-reactive ketones (excluding diaryl/α,β-unsaturated/α-hetero) is 1. The zero-order valence-electron chi connectivity index (χ0n) is 16.6. The summed E-state index contributed by atoms with van der Waals surface area (Å²) < 4.78 is 30.7. The summed E-state index contributed by atoms with van der Waals surface area (Å²) >= 11 is 0. The fraction of sp³-hybridized carbons (Fsp3) is 0.261. The molecule has 30 heavy (non-hydrogen) atoms. The SMILES string of the molecule is CC1(C)CC(=O)C2=C(C1)Nc1nc(-c3ccccc3F)nn1C2c1ccccc1F. The molecule has 1 N–H and O–H groups in total. The van der Waals surface area contributed by atoms with Gasteiger partial charge in [-0.25, -0.2) is 13.5 Å². The van der Waals surface area contributed by atoms with Crippen molar-refractivity contribution in [3.63, 3.8) is 0 Å². The van der Waals surface area contributed by atoms with Crippen LogP contribution in [0.4, 0.5) is 14.7 Å². The first-order valence-corrected chi connectivity index (χ1v) is 9.83. The summed E-state index contributed by atoms with van der Waals surface area (Å²) in [6, 6.07) is 11.8. The highest BCUT2D eigenvalue weighted by Gasteiger charge is 2.42. The molecule has 3 aromatic rings. The molecule has 0 amide bonds. The van der Waals surface area contributed by atoms with Gasteiger partial charge >= 0.3 is 0 Å². The second-order valence-corrected chi connectivity index (χ2v) is 8.57. The Morgan fingerprint density at radius 2 is 1.73 bits per heavy atom. The minimum Gasteiger partial charge on any atom is -0.328 e. The summed E-state index contributed by atoms with van der Waals surface area (Å²) in [4.78, 5) is 17.6. The van der Waals surface area contributed by atoms with Crippen LogP contribution in [0.5, 0.6) is 0 Å². The van der Waals surface area contributed by atoms with Crippen LogP contribution in [0.2, 0.25) is 0 Å². The molecule has 1 aliphatic carbocycles. The maximum Gasteiger partial charge on any atom is 0.226 e. The van der Waals surface area contributed by atoms with E-state index in [1.807, 2.05) is 13.8 Å². The molecule has 7 heteroatoms. The van der Waals surface area contributed by atoms with Crippen molar-refractivity contribution in [1.82, 2.24) is 14.8 Å². The smallest absolute Gasteiger partial charge is 0.226 e. The molecule has 2 heterocycles. The van der Waals surface area contributed by atoms with Gasteiger partial charge in [0.2, 0.25) is 5.95 Å². The summed E-state index contributed by atoms with van der Waals surface area (Å²) in [6.45, 7) is 4.05. The fourth-order valence-corrected chi connectivity index (χ4v) is 4.35. The molecular formula is C23H20F2N4O. The lowest BCUT2D eigenvalue weighted by Crippen LogP contribution is -2.36. The zero-order chi connectivity index (χ0) is 21.0. The van der Waals surface area contributed by atoms with Crippen LogP contribution < -0.4 is 5.32 Å². The van der Waals surface area contributed by atoms with E-state index in [1.54, 1.807) is 36.4 Å². The van der Waals surface area contributed by atoms with Crippen molar-refractivity contribution in [1.29, 1.82) is 0 Å². The molecule has 0 fully saturated rings. The van der Waals surface area contributed by atoms with Crippen molar-refractivity contribution >= 4 is 11.7 Å². The van der Waals surface area contributed by atoms with E-state index < -0.39 is 17.7 Å². The average Bonchev–Trinajstić information content (AvgIpc) is 3.09. The molecular weight excluding hydrogens is 386 g/mol. The number of benzene rings is 2. The van der Waals surface area contributed by atoms with Crippen molar-refractivity contribution in [2.75, 3.05) is 5.32 Å². The minimum atomic E-state index is -0.755. The van der Waals surface area contributed by atoms with Crippen LogP contribution in [0.25, 0.3) is 11.4 Å². The standard InChI is InChI=1S/C23H20F2N4O/c1-23(2)11-17-19(18(30)12-23)20(13-7-3-5-9-15(13)24)29-22(26-17)27-21(28-29)14-8-4-6-10-16(14)25/h3-10,20H,11-12H2,1-2H3,(H,26,27,28). The van der Waals surface area contributed by atoms with Crippen molar-refractivity contribution in [3.05, 3.63) is 77.0 Å². The van der Waals surface area contributed by atoms with Gasteiger partial charge in [0, 0.05) is 23.3 Å². The van der Waals surface area contributed by atoms with Gasteiger partial charge in [0.25, 0.3) is 0 Å². The molecule has 1 atom stereocenters. The lowest BCUT2D eigenvalue weighted by atomic mass is 9.73. The predicted octanol–water partition coefficient (Wildman–Crippen LogP) is 4.88. The number of hydrogen-bond acceptors (Lipinski definition) is 4. The average molecular weight is 406 g/mol. The van der Waals surface area contributed by atoms with Gasteiger partial charge in [0.15, 0.2) is 11.6 Å². The number of ketones is 1. The number of anilines is 1. The third-order valence-corrected chi connectivity index (χ3v) is 5.65. The Bertz CT molecular complexity index is 1210. The van der Waals surface area contributed by atoms with Crippen LogP contribution in [0.15, 0.2) is 59.8 Å². The van der Waals surface area contributed by atoms with Gasteiger partial charge in [-0.1, -0.05) is 44.2 Å². The molecule has 5 nitrogen and oxygen atoms in total. The third kappa shape index (κ3) is 2.93. The molecule has 0 spiro atoms. The Hall–Kier alpha value is -3.35. The largest absolute Gasteiger partial charge is 0.328 e. The summed E-state index contributed by atoms with van der Waals surface area (Å²) in [5.74, 6) is -0.370. The Morgan fingerprint density at radius 3 is 2.47 bits per heavy atom. The van der Waals surface area contributed by atoms with E-state index in [0.717, 1.165) is 5.70 Å². The van der Waals surface area contributed by atoms with Crippen molar-refractivity contribution < 1.29 is 13.6 Å². The molecule has 2 aliphatic rings. The first kappa shape index (κ1) is 18.7. The molecule has 0 bridgehead atoms. The molecule has 152 valence electrons. The molecule has 1 aliphatic heterocycles. The lowest BCUT2D eigenvalue weighted by Gasteiger charge is -2.38.